The molecule has 0 bridgehead atoms. The molecule has 2 N–H and O–H groups in total. The van der Waals surface area contributed by atoms with Crippen LogP contribution in [0.1, 0.15) is 11.6 Å². The van der Waals surface area contributed by atoms with E-state index in [0.29, 0.717) is 15.1 Å². The molecule has 0 radical (unpaired) electrons. The fraction of sp³-hybridized carbons (Fsp3) is 0.250. The summed E-state index contributed by atoms with van der Waals surface area (Å²) in [7, 11) is 0. The van der Waals surface area contributed by atoms with Gasteiger partial charge in [-0.15, -0.1) is 12.4 Å². The van der Waals surface area contributed by atoms with E-state index >= 15 is 0 Å². The van der Waals surface area contributed by atoms with E-state index in [4.69, 9.17) is 17.3 Å². The second-order valence-corrected chi connectivity index (χ2v) is 3.82. The third-order valence-electron chi connectivity index (χ3n) is 1.59. The van der Waals surface area contributed by atoms with Gasteiger partial charge in [-0.1, -0.05) is 27.5 Å². The molecule has 0 unspecified atom stereocenters. The first kappa shape index (κ1) is 14.1. The quantitative estimate of drug-likeness (QED) is 0.884. The van der Waals surface area contributed by atoms with Crippen LogP contribution < -0.4 is 5.73 Å². The Hall–Kier alpha value is 0.1000. The van der Waals surface area contributed by atoms with Crippen LogP contribution in [-0.4, -0.2) is 6.43 Å². The first-order valence-electron chi connectivity index (χ1n) is 3.51. The molecule has 6 heteroatoms. The molecule has 0 aliphatic rings. The van der Waals surface area contributed by atoms with Gasteiger partial charge in [0.1, 0.15) is 0 Å². The van der Waals surface area contributed by atoms with Crippen molar-refractivity contribution in [1.82, 2.24) is 0 Å². The summed E-state index contributed by atoms with van der Waals surface area (Å²) in [4.78, 5) is 0. The molecule has 0 aromatic heterocycles. The molecule has 1 rings (SSSR count). The average Bonchev–Trinajstić information content (AvgIpc) is 2.08. The van der Waals surface area contributed by atoms with E-state index in [-0.39, 0.29) is 12.4 Å². The lowest BCUT2D eigenvalue weighted by molar-refractivity contribution is 0.116. The van der Waals surface area contributed by atoms with Crippen molar-refractivity contribution in [3.8, 4) is 0 Å². The Labute approximate surface area is 100 Å². The van der Waals surface area contributed by atoms with E-state index in [1.807, 2.05) is 0 Å². The van der Waals surface area contributed by atoms with Crippen LogP contribution in [0.2, 0.25) is 5.02 Å². The van der Waals surface area contributed by atoms with Crippen LogP contribution in [0.4, 0.5) is 8.78 Å². The van der Waals surface area contributed by atoms with Crippen molar-refractivity contribution in [3.05, 3.63) is 33.3 Å². The summed E-state index contributed by atoms with van der Waals surface area (Å²) in [6.45, 7) is 0. The fourth-order valence-corrected chi connectivity index (χ4v) is 1.60. The van der Waals surface area contributed by atoms with Crippen molar-refractivity contribution in [2.24, 2.45) is 5.73 Å². The molecule has 0 aliphatic carbocycles. The van der Waals surface area contributed by atoms with E-state index in [1.54, 1.807) is 12.1 Å². The predicted octanol–water partition coefficient (Wildman–Crippen LogP) is 3.79. The fourth-order valence-electron chi connectivity index (χ4n) is 0.906. The Morgan fingerprint density at radius 2 is 1.93 bits per heavy atom. The number of hydrogen-bond acceptors (Lipinski definition) is 1. The van der Waals surface area contributed by atoms with Gasteiger partial charge < -0.3 is 5.73 Å². The maximum absolute atomic E-state index is 12.2. The molecule has 0 heterocycles. The molecular weight excluding hydrogens is 299 g/mol. The average molecular weight is 307 g/mol. The second kappa shape index (κ2) is 5.85. The molecule has 0 saturated carbocycles. The Morgan fingerprint density at radius 3 is 2.43 bits per heavy atom. The minimum absolute atomic E-state index is 0. The van der Waals surface area contributed by atoms with E-state index in [1.165, 1.54) is 6.07 Å². The van der Waals surface area contributed by atoms with E-state index in [2.05, 4.69) is 15.9 Å². The highest BCUT2D eigenvalue weighted by Gasteiger charge is 2.19. The summed E-state index contributed by atoms with van der Waals surface area (Å²) in [5, 5.41) is 0.398. The Balaban J connectivity index is 0.00000169. The van der Waals surface area contributed by atoms with Crippen molar-refractivity contribution in [1.29, 1.82) is 0 Å². The third-order valence-corrected chi connectivity index (χ3v) is 2.55. The van der Waals surface area contributed by atoms with Gasteiger partial charge >= 0.3 is 0 Å². The first-order valence-corrected chi connectivity index (χ1v) is 4.68. The molecule has 1 aromatic carbocycles. The number of hydrogen-bond donors (Lipinski definition) is 1. The zero-order valence-electron chi connectivity index (χ0n) is 6.88. The topological polar surface area (TPSA) is 26.0 Å². The SMILES string of the molecule is Cl.N[C@H](c1cc(Cl)ccc1Br)C(F)F. The molecule has 80 valence electrons. The van der Waals surface area contributed by atoms with Crippen LogP contribution >= 0.6 is 39.9 Å². The number of halogens is 5. The van der Waals surface area contributed by atoms with Gasteiger partial charge in [-0.25, -0.2) is 8.78 Å². The highest BCUT2D eigenvalue weighted by Crippen LogP contribution is 2.28. The summed E-state index contributed by atoms with van der Waals surface area (Å²) < 4.78 is 25.0. The van der Waals surface area contributed by atoms with Crippen LogP contribution in [-0.2, 0) is 0 Å². The van der Waals surface area contributed by atoms with Gasteiger partial charge in [0.2, 0.25) is 0 Å². The molecular formula is C8H8BrCl2F2N. The van der Waals surface area contributed by atoms with Gasteiger partial charge in [-0.2, -0.15) is 0 Å². The second-order valence-electron chi connectivity index (χ2n) is 2.53. The standard InChI is InChI=1S/C8H7BrClF2N.ClH/c9-6-2-1-4(10)3-5(6)7(13)8(11)12;/h1-3,7-8H,13H2;1H/t7-;/m1./s1. The van der Waals surface area contributed by atoms with Crippen LogP contribution in [0.15, 0.2) is 22.7 Å². The van der Waals surface area contributed by atoms with Crippen LogP contribution in [0.3, 0.4) is 0 Å². The van der Waals surface area contributed by atoms with Gasteiger partial charge in [0.25, 0.3) is 6.43 Å². The van der Waals surface area contributed by atoms with Crippen molar-refractivity contribution >= 4 is 39.9 Å². The molecule has 0 amide bonds. The smallest absolute Gasteiger partial charge is 0.257 e. The minimum atomic E-state index is -2.59. The highest BCUT2D eigenvalue weighted by atomic mass is 79.9. The lowest BCUT2D eigenvalue weighted by atomic mass is 10.1. The molecule has 1 atom stereocenters. The van der Waals surface area contributed by atoms with E-state index in [9.17, 15) is 8.78 Å². The van der Waals surface area contributed by atoms with Crippen LogP contribution in [0.25, 0.3) is 0 Å². The first-order chi connectivity index (χ1) is 6.02. The van der Waals surface area contributed by atoms with Crippen molar-refractivity contribution in [3.63, 3.8) is 0 Å². The van der Waals surface area contributed by atoms with Crippen molar-refractivity contribution in [2.45, 2.75) is 12.5 Å². The normalized spacial score (nSPS) is 12.4. The lowest BCUT2D eigenvalue weighted by Crippen LogP contribution is -2.19. The van der Waals surface area contributed by atoms with Gasteiger partial charge in [0.15, 0.2) is 0 Å². The summed E-state index contributed by atoms with van der Waals surface area (Å²) in [5.41, 5.74) is 5.59. The summed E-state index contributed by atoms with van der Waals surface area (Å²) in [5.74, 6) is 0. The maximum Gasteiger partial charge on any atom is 0.257 e. The largest absolute Gasteiger partial charge is 0.319 e. The van der Waals surface area contributed by atoms with Gasteiger partial charge in [0.05, 0.1) is 6.04 Å². The van der Waals surface area contributed by atoms with E-state index in [0.717, 1.165) is 0 Å². The Kier molecular flexibility index (Phi) is 5.90. The molecule has 1 aromatic rings. The zero-order chi connectivity index (χ0) is 10.0. The number of benzene rings is 1. The monoisotopic (exact) mass is 305 g/mol. The summed E-state index contributed by atoms with van der Waals surface area (Å²) >= 11 is 8.77. The van der Waals surface area contributed by atoms with Crippen molar-refractivity contribution in [2.75, 3.05) is 0 Å². The molecule has 0 saturated heterocycles. The number of alkyl halides is 2. The van der Waals surface area contributed by atoms with Gasteiger partial charge in [-0.05, 0) is 23.8 Å². The summed E-state index contributed by atoms with van der Waals surface area (Å²) in [6, 6.07) is 3.34. The van der Waals surface area contributed by atoms with Crippen LogP contribution in [0.5, 0.6) is 0 Å². The highest BCUT2D eigenvalue weighted by molar-refractivity contribution is 9.10. The lowest BCUT2D eigenvalue weighted by Gasteiger charge is -2.12. The predicted molar refractivity (Wildman–Crippen MR) is 59.3 cm³/mol. The maximum atomic E-state index is 12.2. The molecule has 14 heavy (non-hydrogen) atoms. The van der Waals surface area contributed by atoms with Crippen molar-refractivity contribution < 1.29 is 8.78 Å². The molecule has 0 fully saturated rings. The summed E-state index contributed by atoms with van der Waals surface area (Å²) in [6.07, 6.45) is -2.59. The Bertz CT molecular complexity index is 309. The van der Waals surface area contributed by atoms with Crippen LogP contribution in [0, 0.1) is 0 Å². The zero-order valence-corrected chi connectivity index (χ0v) is 10.0. The molecule has 0 aliphatic heterocycles. The van der Waals surface area contributed by atoms with E-state index < -0.39 is 12.5 Å². The van der Waals surface area contributed by atoms with Gasteiger partial charge in [-0.3, -0.25) is 0 Å². The number of nitrogens with two attached hydrogens (primary N) is 1. The molecule has 1 nitrogen and oxygen atoms in total. The minimum Gasteiger partial charge on any atom is -0.319 e. The third kappa shape index (κ3) is 3.35. The van der Waals surface area contributed by atoms with Gasteiger partial charge in [0, 0.05) is 9.50 Å². The Morgan fingerprint density at radius 1 is 1.36 bits per heavy atom. The number of rotatable bonds is 2. The molecule has 0 spiro atoms.